The Kier molecular flexibility index (Phi) is 6.05. The number of nitriles is 1. The second kappa shape index (κ2) is 7.38. The van der Waals surface area contributed by atoms with E-state index in [-0.39, 0.29) is 10.9 Å². The number of esters is 1. The SMILES string of the molecule is CC(C)[C@@](C)(C#N)NC(=O)COC(=O)c1cc(F)c(F)cc1Cl. The van der Waals surface area contributed by atoms with E-state index < -0.39 is 41.2 Å². The number of carbonyl (C=O) groups is 2. The van der Waals surface area contributed by atoms with Crippen molar-refractivity contribution in [2.45, 2.75) is 26.3 Å². The fraction of sp³-hybridized carbons (Fsp3) is 0.400. The largest absolute Gasteiger partial charge is 0.452 e. The summed E-state index contributed by atoms with van der Waals surface area (Å²) in [4.78, 5) is 23.5. The third-order valence-corrected chi connectivity index (χ3v) is 3.66. The van der Waals surface area contributed by atoms with Gasteiger partial charge in [-0.05, 0) is 25.0 Å². The number of halogens is 3. The highest BCUT2D eigenvalue weighted by atomic mass is 35.5. The molecule has 0 aliphatic carbocycles. The molecule has 0 radical (unpaired) electrons. The summed E-state index contributed by atoms with van der Waals surface area (Å²) in [5, 5.41) is 11.2. The van der Waals surface area contributed by atoms with Gasteiger partial charge in [-0.1, -0.05) is 25.4 Å². The van der Waals surface area contributed by atoms with Crippen LogP contribution in [0, 0.1) is 28.9 Å². The van der Waals surface area contributed by atoms with Gasteiger partial charge in [0.1, 0.15) is 5.54 Å². The third-order valence-electron chi connectivity index (χ3n) is 3.35. The predicted octanol–water partition coefficient (Wildman–Crippen LogP) is 2.83. The van der Waals surface area contributed by atoms with E-state index in [1.54, 1.807) is 13.8 Å². The summed E-state index contributed by atoms with van der Waals surface area (Å²) >= 11 is 5.63. The van der Waals surface area contributed by atoms with Gasteiger partial charge in [-0.3, -0.25) is 4.79 Å². The van der Waals surface area contributed by atoms with Crippen LogP contribution in [0.5, 0.6) is 0 Å². The summed E-state index contributed by atoms with van der Waals surface area (Å²) in [5.41, 5.74) is -1.52. The lowest BCUT2D eigenvalue weighted by atomic mass is 9.90. The summed E-state index contributed by atoms with van der Waals surface area (Å²) in [7, 11) is 0. The molecule has 0 unspecified atom stereocenters. The molecule has 8 heteroatoms. The molecule has 0 spiro atoms. The van der Waals surface area contributed by atoms with Gasteiger partial charge in [-0.15, -0.1) is 0 Å². The molecule has 0 aromatic heterocycles. The molecule has 124 valence electrons. The van der Waals surface area contributed by atoms with Crippen LogP contribution in [0.15, 0.2) is 12.1 Å². The summed E-state index contributed by atoms with van der Waals surface area (Å²) in [5.74, 6) is -4.41. The molecule has 0 bridgehead atoms. The molecular formula is C15H15ClF2N2O3. The van der Waals surface area contributed by atoms with Crippen LogP contribution in [0.2, 0.25) is 5.02 Å². The Labute approximate surface area is 137 Å². The molecule has 1 amide bonds. The molecule has 1 N–H and O–H groups in total. The monoisotopic (exact) mass is 344 g/mol. The van der Waals surface area contributed by atoms with E-state index >= 15 is 0 Å². The summed E-state index contributed by atoms with van der Waals surface area (Å²) in [6.07, 6.45) is 0. The number of ether oxygens (including phenoxy) is 1. The van der Waals surface area contributed by atoms with Crippen molar-refractivity contribution in [2.75, 3.05) is 6.61 Å². The quantitative estimate of drug-likeness (QED) is 0.658. The first-order valence-corrected chi connectivity index (χ1v) is 7.02. The van der Waals surface area contributed by atoms with Crippen molar-refractivity contribution in [3.8, 4) is 6.07 Å². The lowest BCUT2D eigenvalue weighted by Gasteiger charge is -2.27. The molecule has 0 aliphatic heterocycles. The number of amides is 1. The molecule has 0 heterocycles. The molecule has 5 nitrogen and oxygen atoms in total. The molecule has 1 rings (SSSR count). The maximum atomic E-state index is 13.1. The molecule has 0 saturated heterocycles. The second-order valence-corrected chi connectivity index (χ2v) is 5.75. The lowest BCUT2D eigenvalue weighted by molar-refractivity contribution is -0.125. The molecule has 0 saturated carbocycles. The number of rotatable bonds is 5. The van der Waals surface area contributed by atoms with E-state index in [0.29, 0.717) is 12.1 Å². The van der Waals surface area contributed by atoms with Crippen molar-refractivity contribution in [2.24, 2.45) is 5.92 Å². The molecule has 23 heavy (non-hydrogen) atoms. The highest BCUT2D eigenvalue weighted by molar-refractivity contribution is 6.33. The van der Waals surface area contributed by atoms with Gasteiger partial charge in [-0.2, -0.15) is 5.26 Å². The highest BCUT2D eigenvalue weighted by Crippen LogP contribution is 2.21. The summed E-state index contributed by atoms with van der Waals surface area (Å²) in [6, 6.07) is 3.19. The topological polar surface area (TPSA) is 79.2 Å². The van der Waals surface area contributed by atoms with Crippen molar-refractivity contribution < 1.29 is 23.1 Å². The maximum absolute atomic E-state index is 13.1. The zero-order valence-corrected chi connectivity index (χ0v) is 13.5. The second-order valence-electron chi connectivity index (χ2n) is 5.34. The van der Waals surface area contributed by atoms with Crippen LogP contribution in [0.3, 0.4) is 0 Å². The minimum atomic E-state index is -1.26. The molecule has 0 aliphatic rings. The van der Waals surface area contributed by atoms with Crippen LogP contribution in [0.25, 0.3) is 0 Å². The van der Waals surface area contributed by atoms with Gasteiger partial charge < -0.3 is 10.1 Å². The Bertz CT molecular complexity index is 673. The van der Waals surface area contributed by atoms with E-state index in [2.05, 4.69) is 5.32 Å². The molecule has 1 atom stereocenters. The van der Waals surface area contributed by atoms with E-state index in [9.17, 15) is 18.4 Å². The standard InChI is InChI=1S/C15H15ClF2N2O3/c1-8(2)15(3,7-19)20-13(21)6-23-14(22)9-4-11(17)12(18)5-10(9)16/h4-5,8H,6H2,1-3H3,(H,20,21)/t15-/m1/s1. The molecule has 1 aromatic carbocycles. The first-order chi connectivity index (χ1) is 10.6. The minimum absolute atomic E-state index is 0.173. The average molecular weight is 345 g/mol. The van der Waals surface area contributed by atoms with Gasteiger partial charge in [0.15, 0.2) is 18.2 Å². The Balaban J connectivity index is 2.72. The van der Waals surface area contributed by atoms with E-state index in [1.165, 1.54) is 6.92 Å². The minimum Gasteiger partial charge on any atom is -0.452 e. The van der Waals surface area contributed by atoms with Crippen LogP contribution in [-0.4, -0.2) is 24.0 Å². The van der Waals surface area contributed by atoms with Crippen molar-refractivity contribution in [1.29, 1.82) is 5.26 Å². The van der Waals surface area contributed by atoms with Gasteiger partial charge in [0.05, 0.1) is 16.7 Å². The highest BCUT2D eigenvalue weighted by Gasteiger charge is 2.30. The fourth-order valence-corrected chi connectivity index (χ4v) is 1.74. The van der Waals surface area contributed by atoms with Crippen molar-refractivity contribution in [3.63, 3.8) is 0 Å². The van der Waals surface area contributed by atoms with Crippen LogP contribution < -0.4 is 5.32 Å². The van der Waals surface area contributed by atoms with Gasteiger partial charge in [0.2, 0.25) is 0 Å². The van der Waals surface area contributed by atoms with Crippen molar-refractivity contribution in [3.05, 3.63) is 34.4 Å². The molecule has 1 aromatic rings. The molecule has 0 fully saturated rings. The third kappa shape index (κ3) is 4.63. The Morgan fingerprint density at radius 1 is 1.39 bits per heavy atom. The number of nitrogens with zero attached hydrogens (tertiary/aromatic N) is 1. The van der Waals surface area contributed by atoms with E-state index in [0.717, 1.165) is 0 Å². The van der Waals surface area contributed by atoms with E-state index in [4.69, 9.17) is 21.6 Å². The van der Waals surface area contributed by atoms with Gasteiger partial charge >= 0.3 is 5.97 Å². The van der Waals surface area contributed by atoms with Crippen molar-refractivity contribution >= 4 is 23.5 Å². The number of carbonyl (C=O) groups excluding carboxylic acids is 2. The number of hydrogen-bond acceptors (Lipinski definition) is 4. The van der Waals surface area contributed by atoms with Gasteiger partial charge in [0, 0.05) is 0 Å². The zero-order valence-electron chi connectivity index (χ0n) is 12.7. The first kappa shape index (κ1) is 18.8. The normalized spacial score (nSPS) is 13.1. The summed E-state index contributed by atoms with van der Waals surface area (Å²) < 4.78 is 30.8. The van der Waals surface area contributed by atoms with Crippen LogP contribution in [-0.2, 0) is 9.53 Å². The van der Waals surface area contributed by atoms with Crippen LogP contribution in [0.4, 0.5) is 8.78 Å². The number of hydrogen-bond donors (Lipinski definition) is 1. The Hall–Kier alpha value is -2.20. The first-order valence-electron chi connectivity index (χ1n) is 6.64. The maximum Gasteiger partial charge on any atom is 0.340 e. The summed E-state index contributed by atoms with van der Waals surface area (Å²) in [6.45, 7) is 4.34. The number of benzene rings is 1. The average Bonchev–Trinajstić information content (AvgIpc) is 2.48. The lowest BCUT2D eigenvalue weighted by Crippen LogP contribution is -2.50. The smallest absolute Gasteiger partial charge is 0.340 e. The van der Waals surface area contributed by atoms with Gasteiger partial charge in [-0.25, -0.2) is 13.6 Å². The van der Waals surface area contributed by atoms with Crippen LogP contribution in [0.1, 0.15) is 31.1 Å². The van der Waals surface area contributed by atoms with E-state index in [1.807, 2.05) is 6.07 Å². The zero-order chi connectivity index (χ0) is 17.8. The van der Waals surface area contributed by atoms with Crippen molar-refractivity contribution in [1.82, 2.24) is 5.32 Å². The Morgan fingerprint density at radius 2 is 1.96 bits per heavy atom. The Morgan fingerprint density at radius 3 is 2.48 bits per heavy atom. The number of nitrogens with one attached hydrogen (secondary N) is 1. The fourth-order valence-electron chi connectivity index (χ4n) is 1.51. The predicted molar refractivity (Wildman–Crippen MR) is 78.6 cm³/mol. The molecular weight excluding hydrogens is 330 g/mol. The van der Waals surface area contributed by atoms with Gasteiger partial charge in [0.25, 0.3) is 5.91 Å². The van der Waals surface area contributed by atoms with Crippen LogP contribution >= 0.6 is 11.6 Å².